The van der Waals surface area contributed by atoms with Gasteiger partial charge in [-0.05, 0) is 51.2 Å². The molecule has 0 atom stereocenters. The molecular formula is C43H27N3O. The van der Waals surface area contributed by atoms with Crippen molar-refractivity contribution in [2.75, 3.05) is 0 Å². The van der Waals surface area contributed by atoms with Crippen molar-refractivity contribution in [2.24, 2.45) is 0 Å². The highest BCUT2D eigenvalue weighted by Crippen LogP contribution is 2.43. The van der Waals surface area contributed by atoms with Gasteiger partial charge in [-0.25, -0.2) is 15.0 Å². The summed E-state index contributed by atoms with van der Waals surface area (Å²) in [6.45, 7) is 0. The van der Waals surface area contributed by atoms with Crippen molar-refractivity contribution in [1.29, 1.82) is 0 Å². The van der Waals surface area contributed by atoms with Gasteiger partial charge in [-0.3, -0.25) is 0 Å². The van der Waals surface area contributed by atoms with Gasteiger partial charge in [0.15, 0.2) is 17.5 Å². The molecule has 0 unspecified atom stereocenters. The van der Waals surface area contributed by atoms with E-state index in [1.165, 1.54) is 11.1 Å². The van der Waals surface area contributed by atoms with Crippen LogP contribution in [0.25, 0.3) is 89.1 Å². The van der Waals surface area contributed by atoms with Crippen molar-refractivity contribution in [2.45, 2.75) is 0 Å². The van der Waals surface area contributed by atoms with Crippen LogP contribution in [0.1, 0.15) is 0 Å². The molecule has 7 aromatic carbocycles. The highest BCUT2D eigenvalue weighted by atomic mass is 16.3. The van der Waals surface area contributed by atoms with E-state index in [0.29, 0.717) is 17.5 Å². The molecule has 9 aromatic rings. The van der Waals surface area contributed by atoms with Crippen LogP contribution < -0.4 is 0 Å². The van der Waals surface area contributed by atoms with Gasteiger partial charge in [0, 0.05) is 21.9 Å². The number of hydrogen-bond donors (Lipinski definition) is 0. The van der Waals surface area contributed by atoms with Gasteiger partial charge in [-0.1, -0.05) is 146 Å². The van der Waals surface area contributed by atoms with E-state index in [9.17, 15) is 0 Å². The maximum Gasteiger partial charge on any atom is 0.167 e. The molecule has 0 aliphatic heterocycles. The maximum absolute atomic E-state index is 6.79. The molecule has 0 amide bonds. The molecule has 4 heteroatoms. The highest BCUT2D eigenvalue weighted by Gasteiger charge is 2.21. The second kappa shape index (κ2) is 11.2. The van der Waals surface area contributed by atoms with Crippen LogP contribution in [0.4, 0.5) is 0 Å². The van der Waals surface area contributed by atoms with Crippen LogP contribution in [0.15, 0.2) is 168 Å². The topological polar surface area (TPSA) is 51.8 Å². The van der Waals surface area contributed by atoms with Crippen LogP contribution in [0.3, 0.4) is 0 Å². The first-order chi connectivity index (χ1) is 23.3. The molecule has 0 radical (unpaired) electrons. The van der Waals surface area contributed by atoms with E-state index in [0.717, 1.165) is 60.5 Å². The summed E-state index contributed by atoms with van der Waals surface area (Å²) in [6.07, 6.45) is 0. The summed E-state index contributed by atoms with van der Waals surface area (Å²) in [5.41, 5.74) is 8.84. The van der Waals surface area contributed by atoms with Crippen LogP contribution in [-0.2, 0) is 0 Å². The maximum atomic E-state index is 6.79. The van der Waals surface area contributed by atoms with Crippen molar-refractivity contribution >= 4 is 32.7 Å². The standard InChI is InChI=1S/C43H27N3O/c1-4-12-28(13-5-1)29-20-22-30(23-21-29)35-24-25-36(40-39(35)37-26-33-18-10-11-19-34(33)27-38(37)47-40)43-45-41(31-14-6-2-7-15-31)44-42(46-43)32-16-8-3-9-17-32/h1-27H. The van der Waals surface area contributed by atoms with E-state index in [1.807, 2.05) is 66.7 Å². The molecule has 0 spiro atoms. The predicted octanol–water partition coefficient (Wildman–Crippen LogP) is 11.3. The van der Waals surface area contributed by atoms with E-state index >= 15 is 0 Å². The van der Waals surface area contributed by atoms with Crippen molar-refractivity contribution in [3.8, 4) is 56.4 Å². The molecule has 0 N–H and O–H groups in total. The Hall–Kier alpha value is -6.39. The Morgan fingerprint density at radius 1 is 0.362 bits per heavy atom. The van der Waals surface area contributed by atoms with E-state index in [-0.39, 0.29) is 0 Å². The molecule has 0 saturated heterocycles. The summed E-state index contributed by atoms with van der Waals surface area (Å²) >= 11 is 0. The highest BCUT2D eigenvalue weighted by molar-refractivity contribution is 6.18. The lowest BCUT2D eigenvalue weighted by atomic mass is 9.94. The van der Waals surface area contributed by atoms with Crippen molar-refractivity contribution < 1.29 is 4.42 Å². The minimum atomic E-state index is 0.567. The number of rotatable bonds is 5. The number of nitrogens with zero attached hydrogens (tertiary/aromatic N) is 3. The van der Waals surface area contributed by atoms with Crippen molar-refractivity contribution in [3.63, 3.8) is 0 Å². The Labute approximate surface area is 271 Å². The fourth-order valence-corrected chi connectivity index (χ4v) is 6.38. The van der Waals surface area contributed by atoms with Gasteiger partial charge in [0.25, 0.3) is 0 Å². The third kappa shape index (κ3) is 4.84. The van der Waals surface area contributed by atoms with Crippen molar-refractivity contribution in [3.05, 3.63) is 164 Å². The Morgan fingerprint density at radius 2 is 0.830 bits per heavy atom. The third-order valence-corrected chi connectivity index (χ3v) is 8.73. The van der Waals surface area contributed by atoms with Gasteiger partial charge in [0.1, 0.15) is 11.2 Å². The summed E-state index contributed by atoms with van der Waals surface area (Å²) in [5, 5.41) is 4.39. The zero-order valence-corrected chi connectivity index (χ0v) is 25.3. The average Bonchev–Trinajstić information content (AvgIpc) is 3.53. The smallest absolute Gasteiger partial charge is 0.167 e. The molecule has 220 valence electrons. The number of hydrogen-bond acceptors (Lipinski definition) is 4. The zero-order valence-electron chi connectivity index (χ0n) is 25.3. The Kier molecular flexibility index (Phi) is 6.43. The third-order valence-electron chi connectivity index (χ3n) is 8.73. The minimum absolute atomic E-state index is 0.567. The molecule has 0 fully saturated rings. The van der Waals surface area contributed by atoms with Crippen LogP contribution >= 0.6 is 0 Å². The molecule has 4 nitrogen and oxygen atoms in total. The first-order valence-corrected chi connectivity index (χ1v) is 15.7. The number of furan rings is 1. The predicted molar refractivity (Wildman–Crippen MR) is 192 cm³/mol. The molecule has 0 aliphatic carbocycles. The molecular weight excluding hydrogens is 574 g/mol. The first kappa shape index (κ1) is 27.0. The average molecular weight is 602 g/mol. The molecule has 2 heterocycles. The minimum Gasteiger partial charge on any atom is -0.455 e. The van der Waals surface area contributed by atoms with Gasteiger partial charge in [-0.2, -0.15) is 0 Å². The molecule has 0 bridgehead atoms. The lowest BCUT2D eigenvalue weighted by molar-refractivity contribution is 0.670. The normalized spacial score (nSPS) is 11.4. The van der Waals surface area contributed by atoms with E-state index in [1.54, 1.807) is 0 Å². The zero-order chi connectivity index (χ0) is 31.2. The Morgan fingerprint density at radius 3 is 1.45 bits per heavy atom. The number of fused-ring (bicyclic) bond motifs is 4. The second-order valence-corrected chi connectivity index (χ2v) is 11.6. The molecule has 2 aromatic heterocycles. The van der Waals surface area contributed by atoms with E-state index in [2.05, 4.69) is 97.1 Å². The summed E-state index contributed by atoms with van der Waals surface area (Å²) in [6, 6.07) is 56.4. The fourth-order valence-electron chi connectivity index (χ4n) is 6.38. The van der Waals surface area contributed by atoms with Crippen molar-refractivity contribution in [1.82, 2.24) is 15.0 Å². The van der Waals surface area contributed by atoms with Gasteiger partial charge >= 0.3 is 0 Å². The van der Waals surface area contributed by atoms with Gasteiger partial charge in [-0.15, -0.1) is 0 Å². The lowest BCUT2D eigenvalue weighted by Gasteiger charge is -2.11. The van der Waals surface area contributed by atoms with Gasteiger partial charge in [0.2, 0.25) is 0 Å². The van der Waals surface area contributed by atoms with Crippen LogP contribution in [-0.4, -0.2) is 15.0 Å². The quantitative estimate of drug-likeness (QED) is 0.197. The SMILES string of the molecule is c1ccc(-c2ccc(-c3ccc(-c4nc(-c5ccccc5)nc(-c5ccccc5)n4)c4oc5cc6ccccc6cc5c34)cc2)cc1. The van der Waals surface area contributed by atoms with E-state index in [4.69, 9.17) is 19.4 Å². The summed E-state index contributed by atoms with van der Waals surface area (Å²) in [5.74, 6) is 1.80. The Balaban J connectivity index is 1.30. The molecule has 0 saturated carbocycles. The van der Waals surface area contributed by atoms with Crippen LogP contribution in [0.2, 0.25) is 0 Å². The molecule has 0 aliphatic rings. The summed E-state index contributed by atoms with van der Waals surface area (Å²) in [4.78, 5) is 15.0. The van der Waals surface area contributed by atoms with Gasteiger partial charge in [0.05, 0.1) is 5.56 Å². The summed E-state index contributed by atoms with van der Waals surface area (Å²) < 4.78 is 6.79. The lowest BCUT2D eigenvalue weighted by Crippen LogP contribution is -2.00. The largest absolute Gasteiger partial charge is 0.455 e. The molecule has 47 heavy (non-hydrogen) atoms. The van der Waals surface area contributed by atoms with Gasteiger partial charge < -0.3 is 4.42 Å². The van der Waals surface area contributed by atoms with Crippen LogP contribution in [0.5, 0.6) is 0 Å². The monoisotopic (exact) mass is 601 g/mol. The number of benzene rings is 7. The second-order valence-electron chi connectivity index (χ2n) is 11.6. The number of aromatic nitrogens is 3. The summed E-state index contributed by atoms with van der Waals surface area (Å²) in [7, 11) is 0. The van der Waals surface area contributed by atoms with Crippen LogP contribution in [0, 0.1) is 0 Å². The Bertz CT molecular complexity index is 2480. The first-order valence-electron chi connectivity index (χ1n) is 15.7. The molecule has 9 rings (SSSR count). The fraction of sp³-hybridized carbons (Fsp3) is 0. The van der Waals surface area contributed by atoms with E-state index < -0.39 is 0 Å².